The Kier molecular flexibility index (Phi) is 12.1. The smallest absolute Gasteiger partial charge is 0.0541 e. The predicted octanol–water partition coefficient (Wildman–Crippen LogP) is 16.7. The van der Waals surface area contributed by atoms with Crippen molar-refractivity contribution in [2.24, 2.45) is 0 Å². The van der Waals surface area contributed by atoms with Crippen molar-refractivity contribution in [3.8, 4) is 39.1 Å². The molecule has 0 aliphatic rings. The lowest BCUT2D eigenvalue weighted by Crippen LogP contribution is -1.93. The summed E-state index contributed by atoms with van der Waals surface area (Å²) in [6.45, 7) is 5.94. The quantitative estimate of drug-likeness (QED) is 0.115. The topological polar surface area (TPSA) is 17.0 Å². The van der Waals surface area contributed by atoms with Crippen LogP contribution in [-0.2, 0) is 0 Å². The van der Waals surface area contributed by atoms with Crippen LogP contribution in [0.5, 0.6) is 0 Å². The van der Waals surface area contributed by atoms with Gasteiger partial charge in [0.1, 0.15) is 0 Å². The highest BCUT2D eigenvalue weighted by atomic mass is 15.0. The van der Waals surface area contributed by atoms with E-state index in [0.717, 1.165) is 44.8 Å². The molecule has 0 atom stereocenters. The van der Waals surface area contributed by atoms with E-state index in [-0.39, 0.29) is 0 Å². The predicted molar refractivity (Wildman–Crippen MR) is 273 cm³/mol. The fourth-order valence-corrected chi connectivity index (χ4v) is 8.21. The Morgan fingerprint density at radius 1 is 0.476 bits per heavy atom. The van der Waals surface area contributed by atoms with E-state index >= 15 is 0 Å². The number of benzene rings is 8. The monoisotopic (exact) mass is 808 g/mol. The summed E-state index contributed by atoms with van der Waals surface area (Å²) in [5.74, 6) is 0. The zero-order chi connectivity index (χ0) is 42.8. The van der Waals surface area contributed by atoms with Crippen LogP contribution in [-0.4, -0.2) is 4.57 Å². The Morgan fingerprint density at radius 3 is 1.65 bits per heavy atom. The number of anilines is 1. The van der Waals surface area contributed by atoms with Crippen LogP contribution >= 0.6 is 0 Å². The van der Waals surface area contributed by atoms with Crippen LogP contribution in [0.2, 0.25) is 0 Å². The van der Waals surface area contributed by atoms with Crippen molar-refractivity contribution < 1.29 is 0 Å². The van der Waals surface area contributed by atoms with Gasteiger partial charge in [0.15, 0.2) is 0 Å². The van der Waals surface area contributed by atoms with E-state index in [1.807, 2.05) is 31.3 Å². The summed E-state index contributed by atoms with van der Waals surface area (Å²) in [6, 6.07) is 71.6. The van der Waals surface area contributed by atoms with E-state index in [1.54, 1.807) is 0 Å². The van der Waals surface area contributed by atoms with Crippen molar-refractivity contribution in [3.63, 3.8) is 0 Å². The largest absolute Gasteiger partial charge is 0.362 e. The van der Waals surface area contributed by atoms with Gasteiger partial charge < -0.3 is 9.88 Å². The Bertz CT molecular complexity index is 3160. The lowest BCUT2D eigenvalue weighted by Gasteiger charge is -2.09. The van der Waals surface area contributed by atoms with E-state index in [1.165, 1.54) is 49.6 Å². The fourth-order valence-electron chi connectivity index (χ4n) is 8.21. The van der Waals surface area contributed by atoms with Gasteiger partial charge in [-0.1, -0.05) is 195 Å². The van der Waals surface area contributed by atoms with Crippen molar-refractivity contribution in [2.45, 2.75) is 6.92 Å². The average Bonchev–Trinajstić information content (AvgIpc) is 3.68. The SMILES string of the molecule is C=C/C=C(\C=C/C)c1ccc(\C=C/C(=C\C=C\Nc2ccc(-c3ccccc3)cc2)c2cccc(-c3ccc4c(c3)c3cc(-c5ccccc5)ccc3n4-c3ccccc3)c2)cc1. The van der Waals surface area contributed by atoms with Crippen LogP contribution in [0.4, 0.5) is 5.69 Å². The zero-order valence-electron chi connectivity index (χ0n) is 35.4. The van der Waals surface area contributed by atoms with Crippen molar-refractivity contribution in [1.29, 1.82) is 0 Å². The van der Waals surface area contributed by atoms with Crippen molar-refractivity contribution in [1.82, 2.24) is 4.57 Å². The number of allylic oxidation sites excluding steroid dienone is 9. The molecule has 0 amide bonds. The molecule has 0 saturated heterocycles. The second-order valence-corrected chi connectivity index (χ2v) is 15.5. The summed E-state index contributed by atoms with van der Waals surface area (Å²) in [5, 5.41) is 5.92. The maximum atomic E-state index is 3.90. The molecule has 0 spiro atoms. The molecule has 0 radical (unpaired) electrons. The van der Waals surface area contributed by atoms with Gasteiger partial charge in [0.2, 0.25) is 0 Å². The third kappa shape index (κ3) is 9.12. The first kappa shape index (κ1) is 40.2. The van der Waals surface area contributed by atoms with E-state index in [0.29, 0.717) is 0 Å². The number of nitrogens with one attached hydrogen (secondary N) is 1. The van der Waals surface area contributed by atoms with Gasteiger partial charge >= 0.3 is 0 Å². The highest BCUT2D eigenvalue weighted by molar-refractivity contribution is 6.11. The molecular weight excluding hydrogens is 761 g/mol. The fraction of sp³-hybridized carbons (Fsp3) is 0.0164. The average molecular weight is 809 g/mol. The van der Waals surface area contributed by atoms with Crippen LogP contribution in [0.15, 0.2) is 256 Å². The van der Waals surface area contributed by atoms with Crippen molar-refractivity contribution in [3.05, 3.63) is 272 Å². The third-order valence-electron chi connectivity index (χ3n) is 11.4. The van der Waals surface area contributed by atoms with Gasteiger partial charge in [0, 0.05) is 28.3 Å². The highest BCUT2D eigenvalue weighted by Gasteiger charge is 2.15. The lowest BCUT2D eigenvalue weighted by atomic mass is 9.96. The summed E-state index contributed by atoms with van der Waals surface area (Å²) in [5.41, 5.74) is 17.3. The lowest BCUT2D eigenvalue weighted by molar-refractivity contribution is 1.18. The molecule has 0 unspecified atom stereocenters. The minimum Gasteiger partial charge on any atom is -0.362 e. The van der Waals surface area contributed by atoms with Crippen LogP contribution in [0.25, 0.3) is 78.1 Å². The van der Waals surface area contributed by atoms with Crippen LogP contribution in [0.1, 0.15) is 23.6 Å². The number of para-hydroxylation sites is 1. The molecule has 8 aromatic carbocycles. The Morgan fingerprint density at radius 2 is 1.02 bits per heavy atom. The number of nitrogens with zero attached hydrogens (tertiary/aromatic N) is 1. The van der Waals surface area contributed by atoms with Gasteiger partial charge in [-0.2, -0.15) is 0 Å². The maximum Gasteiger partial charge on any atom is 0.0541 e. The van der Waals surface area contributed by atoms with Gasteiger partial charge in [-0.25, -0.2) is 0 Å². The second kappa shape index (κ2) is 19.0. The molecule has 0 saturated carbocycles. The molecule has 302 valence electrons. The van der Waals surface area contributed by atoms with E-state index in [9.17, 15) is 0 Å². The molecule has 63 heavy (non-hydrogen) atoms. The maximum absolute atomic E-state index is 3.90. The first-order valence-corrected chi connectivity index (χ1v) is 21.5. The molecule has 0 bridgehead atoms. The van der Waals surface area contributed by atoms with Crippen LogP contribution in [0, 0.1) is 0 Å². The summed E-state index contributed by atoms with van der Waals surface area (Å²) in [7, 11) is 0. The molecule has 9 aromatic rings. The van der Waals surface area contributed by atoms with E-state index in [2.05, 4.69) is 247 Å². The first-order chi connectivity index (χ1) is 31.1. The number of aromatic nitrogens is 1. The van der Waals surface area contributed by atoms with Crippen molar-refractivity contribution in [2.75, 3.05) is 5.32 Å². The number of rotatable bonds is 13. The Balaban J connectivity index is 1.07. The molecule has 2 heteroatoms. The zero-order valence-corrected chi connectivity index (χ0v) is 35.4. The minimum atomic E-state index is 1.03. The van der Waals surface area contributed by atoms with Gasteiger partial charge in [-0.15, -0.1) is 0 Å². The second-order valence-electron chi connectivity index (χ2n) is 15.5. The third-order valence-corrected chi connectivity index (χ3v) is 11.4. The normalized spacial score (nSPS) is 12.3. The minimum absolute atomic E-state index is 1.03. The Labute approximate surface area is 371 Å². The summed E-state index contributed by atoms with van der Waals surface area (Å²) < 4.78 is 2.38. The molecule has 1 heterocycles. The highest BCUT2D eigenvalue weighted by Crippen LogP contribution is 2.38. The molecular formula is C61H48N2. The molecule has 0 fully saturated rings. The molecule has 9 rings (SSSR count). The molecule has 2 nitrogen and oxygen atoms in total. The molecule has 0 aliphatic carbocycles. The van der Waals surface area contributed by atoms with Gasteiger partial charge in [0.25, 0.3) is 0 Å². The molecule has 1 N–H and O–H groups in total. The summed E-state index contributed by atoms with van der Waals surface area (Å²) >= 11 is 0. The summed E-state index contributed by atoms with van der Waals surface area (Å²) in [4.78, 5) is 0. The van der Waals surface area contributed by atoms with E-state index < -0.39 is 0 Å². The number of fused-ring (bicyclic) bond motifs is 3. The Hall–Kier alpha value is -8.20. The summed E-state index contributed by atoms with van der Waals surface area (Å²) in [6.07, 6.45) is 18.7. The molecule has 1 aromatic heterocycles. The molecule has 0 aliphatic heterocycles. The standard InChI is InChI=1S/C61H48N2/c1-3-16-46(17-4-2)50-31-28-45(29-32-50)27-30-49(24-15-41-62-56-37-33-51(34-38-56)47-18-8-5-9-19-47)52-22-14-23-53(42-52)55-36-40-61-59(44-55)58-43-54(48-20-10-6-11-21-48)35-39-60(58)63(61)57-25-12-7-13-26-57/h3-44,62H,1H2,2H3/b17-4-,30-27-,41-15+,46-16+,49-24+. The van der Waals surface area contributed by atoms with E-state index in [4.69, 9.17) is 0 Å². The van der Waals surface area contributed by atoms with Gasteiger partial charge in [-0.05, 0) is 129 Å². The van der Waals surface area contributed by atoms with Gasteiger partial charge in [0.05, 0.1) is 11.0 Å². The van der Waals surface area contributed by atoms with Crippen LogP contribution in [0.3, 0.4) is 0 Å². The number of hydrogen-bond acceptors (Lipinski definition) is 1. The van der Waals surface area contributed by atoms with Crippen LogP contribution < -0.4 is 5.32 Å². The first-order valence-electron chi connectivity index (χ1n) is 21.5. The van der Waals surface area contributed by atoms with Crippen molar-refractivity contribution >= 4 is 44.7 Å². The number of hydrogen-bond donors (Lipinski definition) is 1. The van der Waals surface area contributed by atoms with Gasteiger partial charge in [-0.3, -0.25) is 0 Å².